The molecule has 158 valence electrons. The van der Waals surface area contributed by atoms with E-state index < -0.39 is 0 Å². The van der Waals surface area contributed by atoms with Gasteiger partial charge >= 0.3 is 0 Å². The normalized spacial score (nSPS) is 12.8. The van der Waals surface area contributed by atoms with Crippen molar-refractivity contribution in [1.29, 1.82) is 0 Å². The summed E-state index contributed by atoms with van der Waals surface area (Å²) < 4.78 is 10.7. The van der Waals surface area contributed by atoms with Gasteiger partial charge in [-0.25, -0.2) is 0 Å². The number of carbonyl (C=O) groups is 2. The van der Waals surface area contributed by atoms with Crippen molar-refractivity contribution in [2.75, 3.05) is 23.9 Å². The molecule has 0 aromatic heterocycles. The van der Waals surface area contributed by atoms with Gasteiger partial charge < -0.3 is 19.7 Å². The van der Waals surface area contributed by atoms with Crippen molar-refractivity contribution < 1.29 is 19.1 Å². The molecule has 4 rings (SSSR count). The van der Waals surface area contributed by atoms with Gasteiger partial charge in [-0.15, -0.1) is 0 Å². The molecule has 1 N–H and O–H groups in total. The Balaban J connectivity index is 1.41. The third-order valence-electron chi connectivity index (χ3n) is 5.16. The Morgan fingerprint density at radius 1 is 0.968 bits per heavy atom. The maximum absolute atomic E-state index is 12.5. The fraction of sp³-hybridized carbons (Fsp3) is 0.200. The Hall–Kier alpha value is -3.80. The van der Waals surface area contributed by atoms with Gasteiger partial charge in [-0.1, -0.05) is 36.4 Å². The fourth-order valence-electron chi connectivity index (χ4n) is 3.61. The lowest BCUT2D eigenvalue weighted by molar-refractivity contribution is -0.119. The molecule has 1 aliphatic heterocycles. The van der Waals surface area contributed by atoms with E-state index >= 15 is 0 Å². The van der Waals surface area contributed by atoms with E-state index in [0.717, 1.165) is 16.8 Å². The van der Waals surface area contributed by atoms with Gasteiger partial charge in [0.05, 0.1) is 13.7 Å². The third-order valence-corrected chi connectivity index (χ3v) is 5.16. The van der Waals surface area contributed by atoms with Gasteiger partial charge in [-0.3, -0.25) is 9.59 Å². The monoisotopic (exact) mass is 416 g/mol. The van der Waals surface area contributed by atoms with Crippen molar-refractivity contribution in [3.05, 3.63) is 83.9 Å². The highest BCUT2D eigenvalue weighted by Gasteiger charge is 2.24. The largest absolute Gasteiger partial charge is 0.497 e. The highest BCUT2D eigenvalue weighted by Crippen LogP contribution is 2.31. The van der Waals surface area contributed by atoms with Crippen LogP contribution in [0, 0.1) is 0 Å². The van der Waals surface area contributed by atoms with E-state index in [9.17, 15) is 9.59 Å². The number of rotatable bonds is 7. The molecule has 6 heteroatoms. The predicted octanol–water partition coefficient (Wildman–Crippen LogP) is 4.19. The van der Waals surface area contributed by atoms with Crippen LogP contribution in [0.3, 0.4) is 0 Å². The summed E-state index contributed by atoms with van der Waals surface area (Å²) in [7, 11) is 1.58. The molecule has 31 heavy (non-hydrogen) atoms. The maximum Gasteiger partial charge on any atom is 0.262 e. The van der Waals surface area contributed by atoms with Gasteiger partial charge in [-0.2, -0.15) is 0 Å². The smallest absolute Gasteiger partial charge is 0.262 e. The molecule has 6 nitrogen and oxygen atoms in total. The number of ether oxygens (including phenoxy) is 2. The summed E-state index contributed by atoms with van der Waals surface area (Å²) in [5.41, 5.74) is 3.70. The zero-order chi connectivity index (χ0) is 21.6. The number of hydrogen-bond donors (Lipinski definition) is 1. The zero-order valence-electron chi connectivity index (χ0n) is 17.3. The molecule has 0 saturated carbocycles. The van der Waals surface area contributed by atoms with Crippen LogP contribution in [0.2, 0.25) is 0 Å². The first-order valence-corrected chi connectivity index (χ1v) is 10.2. The van der Waals surface area contributed by atoms with E-state index in [1.54, 1.807) is 25.3 Å². The Morgan fingerprint density at radius 2 is 1.77 bits per heavy atom. The number of nitrogens with one attached hydrogen (secondary N) is 1. The molecule has 1 aliphatic rings. The van der Waals surface area contributed by atoms with E-state index in [1.807, 2.05) is 59.5 Å². The molecule has 0 fully saturated rings. The van der Waals surface area contributed by atoms with Crippen molar-refractivity contribution in [1.82, 2.24) is 0 Å². The van der Waals surface area contributed by atoms with E-state index in [0.29, 0.717) is 36.6 Å². The summed E-state index contributed by atoms with van der Waals surface area (Å²) in [4.78, 5) is 26.7. The van der Waals surface area contributed by atoms with Gasteiger partial charge in [-0.05, 0) is 47.9 Å². The van der Waals surface area contributed by atoms with Gasteiger partial charge in [0.1, 0.15) is 11.5 Å². The van der Waals surface area contributed by atoms with Crippen molar-refractivity contribution in [3.8, 4) is 11.5 Å². The fourth-order valence-corrected chi connectivity index (χ4v) is 3.61. The van der Waals surface area contributed by atoms with Crippen LogP contribution in [0.15, 0.2) is 72.8 Å². The van der Waals surface area contributed by atoms with Gasteiger partial charge in [0.25, 0.3) is 5.91 Å². The lowest BCUT2D eigenvalue weighted by Gasteiger charge is -2.30. The molecule has 3 aromatic rings. The standard InChI is InChI=1S/C25H24N2O4/c1-30-21-8-5-9-22(15-21)31-17-24(28)26-20-11-12-23-19(14-20)10-13-25(29)27(23)16-18-6-3-2-4-7-18/h2-9,11-12,14-15H,10,13,16-17H2,1H3,(H,26,28). The number of nitrogens with zero attached hydrogens (tertiary/aromatic N) is 1. The number of benzene rings is 3. The van der Waals surface area contributed by atoms with Crippen LogP contribution < -0.4 is 19.7 Å². The molecule has 0 unspecified atom stereocenters. The summed E-state index contributed by atoms with van der Waals surface area (Å²) >= 11 is 0. The Kier molecular flexibility index (Phi) is 6.17. The summed E-state index contributed by atoms with van der Waals surface area (Å²) in [6.45, 7) is 0.426. The topological polar surface area (TPSA) is 67.9 Å². The van der Waals surface area contributed by atoms with Crippen LogP contribution in [0.25, 0.3) is 0 Å². The first-order chi connectivity index (χ1) is 15.1. The van der Waals surface area contributed by atoms with Crippen LogP contribution in [-0.2, 0) is 22.6 Å². The van der Waals surface area contributed by atoms with Crippen molar-refractivity contribution in [2.45, 2.75) is 19.4 Å². The van der Waals surface area contributed by atoms with E-state index in [4.69, 9.17) is 9.47 Å². The van der Waals surface area contributed by atoms with Crippen LogP contribution in [0.4, 0.5) is 11.4 Å². The van der Waals surface area contributed by atoms with Crippen LogP contribution >= 0.6 is 0 Å². The molecule has 0 spiro atoms. The number of methoxy groups -OCH3 is 1. The Morgan fingerprint density at radius 3 is 2.58 bits per heavy atom. The minimum absolute atomic E-state index is 0.108. The van der Waals surface area contributed by atoms with Gasteiger partial charge in [0.2, 0.25) is 5.91 Å². The Labute approximate surface area is 181 Å². The molecule has 0 saturated heterocycles. The van der Waals surface area contributed by atoms with Crippen LogP contribution in [0.5, 0.6) is 11.5 Å². The molecular weight excluding hydrogens is 392 g/mol. The third kappa shape index (κ3) is 5.04. The maximum atomic E-state index is 12.5. The highest BCUT2D eigenvalue weighted by atomic mass is 16.5. The minimum Gasteiger partial charge on any atom is -0.497 e. The molecule has 0 radical (unpaired) electrons. The van der Waals surface area contributed by atoms with Crippen molar-refractivity contribution in [2.24, 2.45) is 0 Å². The predicted molar refractivity (Wildman–Crippen MR) is 120 cm³/mol. The molecule has 1 heterocycles. The second-order valence-electron chi connectivity index (χ2n) is 7.32. The quantitative estimate of drug-likeness (QED) is 0.627. The first kappa shape index (κ1) is 20.5. The lowest BCUT2D eigenvalue weighted by atomic mass is 9.99. The Bertz CT molecular complexity index is 1080. The highest BCUT2D eigenvalue weighted by molar-refractivity contribution is 5.97. The van der Waals surface area contributed by atoms with E-state index in [1.165, 1.54) is 0 Å². The average Bonchev–Trinajstić information content (AvgIpc) is 2.80. The number of carbonyl (C=O) groups excluding carboxylic acids is 2. The van der Waals surface area contributed by atoms with E-state index in [-0.39, 0.29) is 18.4 Å². The second kappa shape index (κ2) is 9.34. The summed E-state index contributed by atoms with van der Waals surface area (Å²) in [6, 6.07) is 22.7. The molecular formula is C25H24N2O4. The summed E-state index contributed by atoms with van der Waals surface area (Å²) in [5, 5.41) is 2.87. The SMILES string of the molecule is COc1cccc(OCC(=O)Nc2ccc3c(c2)CCC(=O)N3Cc2ccccc2)c1. The number of anilines is 2. The first-order valence-electron chi connectivity index (χ1n) is 10.2. The second-order valence-corrected chi connectivity index (χ2v) is 7.32. The summed E-state index contributed by atoms with van der Waals surface area (Å²) in [5.74, 6) is 1.09. The van der Waals surface area contributed by atoms with Gasteiger partial charge in [0, 0.05) is 23.9 Å². The van der Waals surface area contributed by atoms with Crippen molar-refractivity contribution in [3.63, 3.8) is 0 Å². The molecule has 3 aromatic carbocycles. The lowest BCUT2D eigenvalue weighted by Crippen LogP contribution is -2.34. The van der Waals surface area contributed by atoms with E-state index in [2.05, 4.69) is 5.32 Å². The number of amides is 2. The molecule has 2 amide bonds. The minimum atomic E-state index is -0.254. The molecule has 0 bridgehead atoms. The number of fused-ring (bicyclic) bond motifs is 1. The van der Waals surface area contributed by atoms with Gasteiger partial charge in [0.15, 0.2) is 6.61 Å². The zero-order valence-corrected chi connectivity index (χ0v) is 17.3. The van der Waals surface area contributed by atoms with Crippen LogP contribution in [0.1, 0.15) is 17.5 Å². The average molecular weight is 416 g/mol. The molecule has 0 aliphatic carbocycles. The number of hydrogen-bond acceptors (Lipinski definition) is 4. The number of aryl methyl sites for hydroxylation is 1. The van der Waals surface area contributed by atoms with Crippen LogP contribution in [-0.4, -0.2) is 25.5 Å². The summed E-state index contributed by atoms with van der Waals surface area (Å²) in [6.07, 6.45) is 1.11. The van der Waals surface area contributed by atoms with Crippen molar-refractivity contribution >= 4 is 23.2 Å². The molecule has 0 atom stereocenters.